The van der Waals surface area contributed by atoms with Gasteiger partial charge in [0.25, 0.3) is 0 Å². The average Bonchev–Trinajstić information content (AvgIpc) is 1.35. The Morgan fingerprint density at radius 2 is 2.00 bits per heavy atom. The normalized spacial score (nSPS) is 12.0. The predicted octanol–water partition coefficient (Wildman–Crippen LogP) is -0.436. The van der Waals surface area contributed by atoms with Crippen molar-refractivity contribution in [2.45, 2.75) is 12.5 Å². The highest BCUT2D eigenvalue weighted by atomic mass is 16.3. The Morgan fingerprint density at radius 3 is 2.00 bits per heavy atom. The first kappa shape index (κ1) is 5.92. The minimum atomic E-state index is -1.15. The fraction of sp³-hybridized carbons (Fsp3) is 0.750. The van der Waals surface area contributed by atoms with Gasteiger partial charge in [-0.3, -0.25) is 0 Å². The molecule has 0 unspecified atom stereocenters. The Labute approximate surface area is 37.4 Å². The zero-order chi connectivity index (χ0) is 5.21. The zero-order valence-electron chi connectivity index (χ0n) is 3.81. The summed E-state index contributed by atoms with van der Waals surface area (Å²) in [7, 11) is 0. The minimum absolute atomic E-state index is 0.285. The highest BCUT2D eigenvalue weighted by Crippen LogP contribution is 1.94. The van der Waals surface area contributed by atoms with Crippen molar-refractivity contribution in [2.75, 3.05) is 6.61 Å². The van der Waals surface area contributed by atoms with Crippen molar-refractivity contribution in [2.24, 2.45) is 0 Å². The molecule has 0 amide bonds. The maximum atomic E-state index is 8.47. The van der Waals surface area contributed by atoms with Crippen molar-refractivity contribution in [3.8, 4) is 0 Å². The molecule has 0 aromatic carbocycles. The summed E-state index contributed by atoms with van der Waals surface area (Å²) in [6.07, 6.45) is 0. The van der Waals surface area contributed by atoms with E-state index in [2.05, 4.69) is 6.92 Å². The van der Waals surface area contributed by atoms with Gasteiger partial charge in [-0.1, -0.05) is 0 Å². The lowest BCUT2D eigenvalue weighted by molar-refractivity contribution is 0.0410. The molecule has 0 aliphatic heterocycles. The van der Waals surface area contributed by atoms with E-state index in [4.69, 9.17) is 10.2 Å². The van der Waals surface area contributed by atoms with E-state index in [0.29, 0.717) is 0 Å². The van der Waals surface area contributed by atoms with E-state index in [-0.39, 0.29) is 6.61 Å². The number of hydrogen-bond donors (Lipinski definition) is 2. The topological polar surface area (TPSA) is 40.5 Å². The van der Waals surface area contributed by atoms with Crippen LogP contribution in [0, 0.1) is 6.92 Å². The molecule has 0 aromatic heterocycles. The number of rotatable bonds is 1. The molecule has 6 heavy (non-hydrogen) atoms. The van der Waals surface area contributed by atoms with Crippen LogP contribution in [0.1, 0.15) is 6.92 Å². The van der Waals surface area contributed by atoms with Crippen molar-refractivity contribution in [1.29, 1.82) is 0 Å². The molecule has 0 aromatic rings. The van der Waals surface area contributed by atoms with Gasteiger partial charge in [-0.15, -0.1) is 0 Å². The lowest BCUT2D eigenvalue weighted by Gasteiger charge is -2.10. The maximum Gasteiger partial charge on any atom is 0.0850 e. The van der Waals surface area contributed by atoms with Crippen molar-refractivity contribution in [1.82, 2.24) is 0 Å². The Morgan fingerprint density at radius 1 is 1.83 bits per heavy atom. The van der Waals surface area contributed by atoms with Gasteiger partial charge in [0.05, 0.1) is 12.2 Å². The van der Waals surface area contributed by atoms with E-state index in [0.717, 1.165) is 0 Å². The quantitative estimate of drug-likeness (QED) is 0.457. The summed E-state index contributed by atoms with van der Waals surface area (Å²) in [6, 6.07) is 0. The largest absolute Gasteiger partial charge is 0.393 e. The molecule has 1 atom stereocenters. The monoisotopic (exact) mass is 89.1 g/mol. The van der Waals surface area contributed by atoms with E-state index in [1.54, 1.807) is 0 Å². The third-order valence-corrected chi connectivity index (χ3v) is 0.341. The van der Waals surface area contributed by atoms with Gasteiger partial charge in [-0.2, -0.15) is 0 Å². The van der Waals surface area contributed by atoms with Crippen LogP contribution in [0.25, 0.3) is 0 Å². The number of aliphatic hydroxyl groups excluding tert-OH is 1. The first-order valence-electron chi connectivity index (χ1n) is 1.75. The molecule has 0 spiro atoms. The van der Waals surface area contributed by atoms with Crippen LogP contribution in [0.3, 0.4) is 0 Å². The SMILES string of the molecule is [CH2][C@@](C)(O)CO. The van der Waals surface area contributed by atoms with Crippen LogP contribution in [0.15, 0.2) is 0 Å². The molecule has 0 heterocycles. The van der Waals surface area contributed by atoms with Gasteiger partial charge >= 0.3 is 0 Å². The molecule has 2 nitrogen and oxygen atoms in total. The predicted molar refractivity (Wildman–Crippen MR) is 23.1 cm³/mol. The van der Waals surface area contributed by atoms with Gasteiger partial charge in [0.1, 0.15) is 0 Å². The number of aliphatic hydroxyl groups is 2. The van der Waals surface area contributed by atoms with E-state index in [9.17, 15) is 0 Å². The summed E-state index contributed by atoms with van der Waals surface area (Å²) in [5.41, 5.74) is -1.15. The van der Waals surface area contributed by atoms with Crippen molar-refractivity contribution >= 4 is 0 Å². The fourth-order valence-corrected chi connectivity index (χ4v) is 0. The molecule has 2 N–H and O–H groups in total. The molecule has 0 aliphatic rings. The second-order valence-corrected chi connectivity index (χ2v) is 1.66. The van der Waals surface area contributed by atoms with Crippen LogP contribution in [0.4, 0.5) is 0 Å². The van der Waals surface area contributed by atoms with Crippen molar-refractivity contribution in [3.05, 3.63) is 6.92 Å². The summed E-state index contributed by atoms with van der Waals surface area (Å²) in [4.78, 5) is 0. The Balaban J connectivity index is 3.17. The van der Waals surface area contributed by atoms with Gasteiger partial charge in [0.15, 0.2) is 0 Å². The second kappa shape index (κ2) is 1.58. The van der Waals surface area contributed by atoms with Crippen LogP contribution in [0.2, 0.25) is 0 Å². The summed E-state index contributed by atoms with van der Waals surface area (Å²) in [5, 5.41) is 16.6. The van der Waals surface area contributed by atoms with Crippen LogP contribution in [-0.4, -0.2) is 22.4 Å². The lowest BCUT2D eigenvalue weighted by Crippen LogP contribution is -2.23. The van der Waals surface area contributed by atoms with Gasteiger partial charge in [0, 0.05) is 0 Å². The fourth-order valence-electron chi connectivity index (χ4n) is 0. The summed E-state index contributed by atoms with van der Waals surface area (Å²) in [5.74, 6) is 0. The summed E-state index contributed by atoms with van der Waals surface area (Å²) < 4.78 is 0. The van der Waals surface area contributed by atoms with Crippen LogP contribution in [-0.2, 0) is 0 Å². The molecule has 1 radical (unpaired) electrons. The van der Waals surface area contributed by atoms with Gasteiger partial charge in [-0.25, -0.2) is 0 Å². The smallest absolute Gasteiger partial charge is 0.0850 e. The van der Waals surface area contributed by atoms with Crippen LogP contribution >= 0.6 is 0 Å². The minimum Gasteiger partial charge on any atom is -0.393 e. The molecule has 0 aliphatic carbocycles. The number of hydrogen-bond acceptors (Lipinski definition) is 2. The van der Waals surface area contributed by atoms with E-state index < -0.39 is 5.60 Å². The Kier molecular flexibility index (Phi) is 1.56. The molecular formula is C4H9O2. The third kappa shape index (κ3) is 3.92. The van der Waals surface area contributed by atoms with Gasteiger partial charge in [-0.05, 0) is 13.8 Å². The molecular weight excluding hydrogens is 80.0 g/mol. The second-order valence-electron chi connectivity index (χ2n) is 1.66. The first-order valence-corrected chi connectivity index (χ1v) is 1.75. The van der Waals surface area contributed by atoms with Crippen LogP contribution < -0.4 is 0 Å². The highest BCUT2D eigenvalue weighted by molar-refractivity contribution is 4.71. The lowest BCUT2D eigenvalue weighted by atomic mass is 10.2. The highest BCUT2D eigenvalue weighted by Gasteiger charge is 2.07. The molecule has 37 valence electrons. The van der Waals surface area contributed by atoms with Gasteiger partial charge < -0.3 is 10.2 Å². The molecule has 0 fully saturated rings. The van der Waals surface area contributed by atoms with Crippen molar-refractivity contribution in [3.63, 3.8) is 0 Å². The van der Waals surface area contributed by atoms with E-state index in [1.807, 2.05) is 0 Å². The summed E-state index contributed by atoms with van der Waals surface area (Å²) in [6.45, 7) is 4.35. The zero-order valence-corrected chi connectivity index (χ0v) is 3.81. The van der Waals surface area contributed by atoms with Crippen LogP contribution in [0.5, 0.6) is 0 Å². The maximum absolute atomic E-state index is 8.47. The molecule has 0 rings (SSSR count). The first-order chi connectivity index (χ1) is 2.56. The van der Waals surface area contributed by atoms with Crippen molar-refractivity contribution < 1.29 is 10.2 Å². The molecule has 0 saturated carbocycles. The molecule has 0 bridgehead atoms. The molecule has 2 heteroatoms. The standard InChI is InChI=1S/C4H9O2/c1-4(2,6)3-5/h5-6H,1,3H2,2H3/t4-/m0/s1. The Hall–Kier alpha value is -0.0800. The average molecular weight is 89.1 g/mol. The Bertz CT molecular complexity index is 35.3. The summed E-state index contributed by atoms with van der Waals surface area (Å²) >= 11 is 0. The van der Waals surface area contributed by atoms with Gasteiger partial charge in [0.2, 0.25) is 0 Å². The van der Waals surface area contributed by atoms with E-state index in [1.165, 1.54) is 6.92 Å². The van der Waals surface area contributed by atoms with E-state index >= 15 is 0 Å². The third-order valence-electron chi connectivity index (χ3n) is 0.341. The molecule has 0 saturated heterocycles.